The number of amides is 1. The van der Waals surface area contributed by atoms with Gasteiger partial charge in [0.15, 0.2) is 0 Å². The number of aromatic amines is 1. The van der Waals surface area contributed by atoms with Crippen molar-refractivity contribution in [1.29, 1.82) is 0 Å². The number of H-pyrrole nitrogens is 1. The molecule has 17 heavy (non-hydrogen) atoms. The lowest BCUT2D eigenvalue weighted by atomic mass is 10.2. The second-order valence-electron chi connectivity index (χ2n) is 4.06. The number of hydrogen-bond acceptors (Lipinski definition) is 4. The fourth-order valence-corrected chi connectivity index (χ4v) is 1.94. The predicted molar refractivity (Wildman–Crippen MR) is 60.5 cm³/mol. The fraction of sp³-hybridized carbons (Fsp3) is 0.636. The smallest absolute Gasteiger partial charge is 0.249 e. The van der Waals surface area contributed by atoms with E-state index >= 15 is 0 Å². The van der Waals surface area contributed by atoms with Gasteiger partial charge in [0, 0.05) is 25.5 Å². The number of ether oxygens (including phenoxy) is 2. The number of nitrogens with one attached hydrogen (secondary N) is 1. The van der Waals surface area contributed by atoms with E-state index in [9.17, 15) is 4.79 Å². The van der Waals surface area contributed by atoms with Crippen molar-refractivity contribution in [2.75, 3.05) is 33.5 Å². The number of nitrogens with zero attached hydrogens (tertiary/aromatic N) is 2. The molecule has 0 aliphatic carbocycles. The van der Waals surface area contributed by atoms with Crippen molar-refractivity contribution in [3.63, 3.8) is 0 Å². The highest BCUT2D eigenvalue weighted by Crippen LogP contribution is 2.21. The summed E-state index contributed by atoms with van der Waals surface area (Å²) in [6, 6.07) is -0.139. The monoisotopic (exact) mass is 239 g/mol. The summed E-state index contributed by atoms with van der Waals surface area (Å²) >= 11 is 0. The number of carbonyl (C=O) groups excluding carboxylic acids is 1. The van der Waals surface area contributed by atoms with Crippen LogP contribution in [0.3, 0.4) is 0 Å². The molecule has 1 aromatic rings. The third-order valence-corrected chi connectivity index (χ3v) is 2.75. The third kappa shape index (κ3) is 2.65. The second-order valence-corrected chi connectivity index (χ2v) is 4.06. The van der Waals surface area contributed by atoms with E-state index in [0.29, 0.717) is 19.8 Å². The summed E-state index contributed by atoms with van der Waals surface area (Å²) in [5.74, 6) is 0.738. The minimum Gasteiger partial charge on any atom is -0.377 e. The van der Waals surface area contributed by atoms with Gasteiger partial charge in [-0.1, -0.05) is 0 Å². The van der Waals surface area contributed by atoms with Gasteiger partial charge in [-0.15, -0.1) is 0 Å². The van der Waals surface area contributed by atoms with Crippen LogP contribution in [0.25, 0.3) is 0 Å². The van der Waals surface area contributed by atoms with Crippen LogP contribution >= 0.6 is 0 Å². The first-order valence-electron chi connectivity index (χ1n) is 5.60. The SMILES string of the molecule is COCC(=O)N1CCOC[C@H]1c1ncc(C)[nH]1. The van der Waals surface area contributed by atoms with Gasteiger partial charge in [0.25, 0.3) is 0 Å². The van der Waals surface area contributed by atoms with Gasteiger partial charge in [-0.25, -0.2) is 4.98 Å². The highest BCUT2D eigenvalue weighted by molar-refractivity contribution is 5.78. The topological polar surface area (TPSA) is 67.4 Å². The van der Waals surface area contributed by atoms with Crippen LogP contribution in [0.15, 0.2) is 6.20 Å². The molecular weight excluding hydrogens is 222 g/mol. The Morgan fingerprint density at radius 2 is 2.59 bits per heavy atom. The van der Waals surface area contributed by atoms with Crippen LogP contribution in [0.4, 0.5) is 0 Å². The van der Waals surface area contributed by atoms with E-state index < -0.39 is 0 Å². The zero-order valence-electron chi connectivity index (χ0n) is 10.1. The molecule has 1 N–H and O–H groups in total. The second kappa shape index (κ2) is 5.29. The maximum Gasteiger partial charge on any atom is 0.249 e. The summed E-state index contributed by atoms with van der Waals surface area (Å²) in [7, 11) is 1.52. The number of rotatable bonds is 3. The van der Waals surface area contributed by atoms with Crippen LogP contribution < -0.4 is 0 Å². The summed E-state index contributed by atoms with van der Waals surface area (Å²) in [6.45, 7) is 3.64. The molecule has 1 saturated heterocycles. The molecule has 6 nitrogen and oxygen atoms in total. The van der Waals surface area contributed by atoms with Crippen LogP contribution in [-0.2, 0) is 14.3 Å². The molecule has 1 atom stereocenters. The first-order valence-corrected chi connectivity index (χ1v) is 5.60. The molecule has 0 spiro atoms. The van der Waals surface area contributed by atoms with E-state index in [1.54, 1.807) is 11.1 Å². The zero-order chi connectivity index (χ0) is 12.3. The molecule has 1 aliphatic rings. The highest BCUT2D eigenvalue weighted by atomic mass is 16.5. The van der Waals surface area contributed by atoms with Gasteiger partial charge in [0.05, 0.1) is 13.2 Å². The van der Waals surface area contributed by atoms with Crippen molar-refractivity contribution >= 4 is 5.91 Å². The third-order valence-electron chi connectivity index (χ3n) is 2.75. The van der Waals surface area contributed by atoms with Gasteiger partial charge in [-0.3, -0.25) is 4.79 Å². The Hall–Kier alpha value is -1.40. The van der Waals surface area contributed by atoms with E-state index in [0.717, 1.165) is 11.5 Å². The maximum absolute atomic E-state index is 11.9. The number of methoxy groups -OCH3 is 1. The van der Waals surface area contributed by atoms with E-state index in [4.69, 9.17) is 9.47 Å². The standard InChI is InChI=1S/C11H17N3O3/c1-8-5-12-11(13-8)9-6-17-4-3-14(9)10(15)7-16-2/h5,9H,3-4,6-7H2,1-2H3,(H,12,13)/t9-/m0/s1. The Kier molecular flexibility index (Phi) is 3.75. The molecule has 0 saturated carbocycles. The molecule has 2 heterocycles. The van der Waals surface area contributed by atoms with Gasteiger partial charge in [0.2, 0.25) is 5.91 Å². The molecule has 0 unspecified atom stereocenters. The van der Waals surface area contributed by atoms with Crippen molar-refractivity contribution in [2.45, 2.75) is 13.0 Å². The molecule has 1 amide bonds. The van der Waals surface area contributed by atoms with E-state index in [2.05, 4.69) is 9.97 Å². The predicted octanol–water partition coefficient (Wildman–Crippen LogP) is 0.264. The van der Waals surface area contributed by atoms with Crippen LogP contribution in [-0.4, -0.2) is 54.3 Å². The van der Waals surface area contributed by atoms with Gasteiger partial charge in [-0.05, 0) is 6.92 Å². The van der Waals surface area contributed by atoms with Crippen molar-refractivity contribution in [3.05, 3.63) is 17.7 Å². The Morgan fingerprint density at radius 3 is 3.24 bits per heavy atom. The number of aromatic nitrogens is 2. The summed E-state index contributed by atoms with van der Waals surface area (Å²) in [6.07, 6.45) is 1.75. The Bertz CT molecular complexity index is 391. The number of hydrogen-bond donors (Lipinski definition) is 1. The minimum absolute atomic E-state index is 0.0325. The normalized spacial score (nSPS) is 20.6. The largest absolute Gasteiger partial charge is 0.377 e. The lowest BCUT2D eigenvalue weighted by molar-refractivity contribution is -0.144. The number of imidazole rings is 1. The van der Waals surface area contributed by atoms with Gasteiger partial charge >= 0.3 is 0 Å². The number of carbonyl (C=O) groups is 1. The zero-order valence-corrected chi connectivity index (χ0v) is 10.1. The van der Waals surface area contributed by atoms with E-state index in [1.165, 1.54) is 7.11 Å². The molecular formula is C11H17N3O3. The summed E-state index contributed by atoms with van der Waals surface area (Å²) in [5.41, 5.74) is 0.977. The fourth-order valence-electron chi connectivity index (χ4n) is 1.94. The summed E-state index contributed by atoms with van der Waals surface area (Å²) in [5, 5.41) is 0. The van der Waals surface area contributed by atoms with Crippen molar-refractivity contribution < 1.29 is 14.3 Å². The molecule has 1 fully saturated rings. The van der Waals surface area contributed by atoms with Crippen molar-refractivity contribution in [1.82, 2.24) is 14.9 Å². The molecule has 1 aliphatic heterocycles. The minimum atomic E-state index is -0.139. The summed E-state index contributed by atoms with van der Waals surface area (Å²) < 4.78 is 10.3. The van der Waals surface area contributed by atoms with Crippen LogP contribution in [0.5, 0.6) is 0 Å². The van der Waals surface area contributed by atoms with Crippen molar-refractivity contribution in [3.8, 4) is 0 Å². The van der Waals surface area contributed by atoms with Gasteiger partial charge in [0.1, 0.15) is 18.5 Å². The lowest BCUT2D eigenvalue weighted by Crippen LogP contribution is -2.45. The maximum atomic E-state index is 11.9. The Balaban J connectivity index is 2.14. The van der Waals surface area contributed by atoms with E-state index in [1.807, 2.05) is 6.92 Å². The van der Waals surface area contributed by atoms with E-state index in [-0.39, 0.29) is 18.6 Å². The molecule has 0 bridgehead atoms. The molecule has 1 aromatic heterocycles. The van der Waals surface area contributed by atoms with Crippen LogP contribution in [0.2, 0.25) is 0 Å². The molecule has 6 heteroatoms. The number of morpholine rings is 1. The van der Waals surface area contributed by atoms with Crippen LogP contribution in [0.1, 0.15) is 17.6 Å². The lowest BCUT2D eigenvalue weighted by Gasteiger charge is -2.34. The van der Waals surface area contributed by atoms with Crippen LogP contribution in [0, 0.1) is 6.92 Å². The first-order chi connectivity index (χ1) is 8.22. The average molecular weight is 239 g/mol. The van der Waals surface area contributed by atoms with Gasteiger partial charge in [-0.2, -0.15) is 0 Å². The quantitative estimate of drug-likeness (QED) is 0.821. The molecule has 0 radical (unpaired) electrons. The summed E-state index contributed by atoms with van der Waals surface area (Å²) in [4.78, 5) is 21.1. The molecule has 94 valence electrons. The highest BCUT2D eigenvalue weighted by Gasteiger charge is 2.30. The average Bonchev–Trinajstić information content (AvgIpc) is 2.76. The van der Waals surface area contributed by atoms with Gasteiger partial charge < -0.3 is 19.4 Å². The Labute approximate surface area is 99.9 Å². The molecule has 0 aromatic carbocycles. The molecule has 2 rings (SSSR count). The van der Waals surface area contributed by atoms with Crippen molar-refractivity contribution in [2.24, 2.45) is 0 Å². The number of aryl methyl sites for hydroxylation is 1. The Morgan fingerprint density at radius 1 is 1.76 bits per heavy atom. The first kappa shape index (κ1) is 12.1.